The molecule has 0 aliphatic heterocycles. The van der Waals surface area contributed by atoms with Gasteiger partial charge >= 0.3 is 0 Å². The number of aromatic nitrogens is 1. The zero-order valence-corrected chi connectivity index (χ0v) is 11.9. The van der Waals surface area contributed by atoms with Crippen LogP contribution in [0.5, 0.6) is 0 Å². The molecular formula is C9H15ClN2O2S2. The first-order valence-corrected chi connectivity index (χ1v) is 7.66. The van der Waals surface area contributed by atoms with Crippen LogP contribution in [0.25, 0.3) is 0 Å². The molecule has 7 heteroatoms. The topological polar surface area (TPSA) is 50.3 Å². The highest BCUT2D eigenvalue weighted by atomic mass is 35.5. The number of hydrogen-bond acceptors (Lipinski definition) is 4. The Morgan fingerprint density at radius 1 is 1.56 bits per heavy atom. The molecule has 1 aromatic heterocycles. The van der Waals surface area contributed by atoms with E-state index in [0.29, 0.717) is 6.54 Å². The monoisotopic (exact) mass is 282 g/mol. The first kappa shape index (κ1) is 13.9. The van der Waals surface area contributed by atoms with E-state index in [1.165, 1.54) is 10.5 Å². The lowest BCUT2D eigenvalue weighted by atomic mass is 10.4. The van der Waals surface area contributed by atoms with Gasteiger partial charge in [0.1, 0.15) is 0 Å². The summed E-state index contributed by atoms with van der Waals surface area (Å²) in [5, 5.41) is 0. The SMILES string of the molecule is CCCN(C(C)C)S(=O)(=O)c1cnc(Cl)s1. The fourth-order valence-electron chi connectivity index (χ4n) is 1.35. The smallest absolute Gasteiger partial charge is 0.232 e. The second-order valence-corrected chi connectivity index (χ2v) is 7.37. The Labute approximate surface area is 105 Å². The van der Waals surface area contributed by atoms with Crippen LogP contribution in [0, 0.1) is 0 Å². The highest BCUT2D eigenvalue weighted by Gasteiger charge is 2.28. The van der Waals surface area contributed by atoms with Gasteiger partial charge in [0.2, 0.25) is 0 Å². The van der Waals surface area contributed by atoms with E-state index in [1.54, 1.807) is 0 Å². The quantitative estimate of drug-likeness (QED) is 0.834. The number of hydrogen-bond donors (Lipinski definition) is 0. The Balaban J connectivity index is 3.08. The molecule has 0 fully saturated rings. The maximum Gasteiger partial charge on any atom is 0.254 e. The minimum absolute atomic E-state index is 0.0641. The third-order valence-corrected chi connectivity index (χ3v) is 5.67. The van der Waals surface area contributed by atoms with Crippen LogP contribution in [0.15, 0.2) is 10.4 Å². The molecule has 1 heterocycles. The third-order valence-electron chi connectivity index (χ3n) is 2.04. The Kier molecular flexibility index (Phi) is 4.73. The average Bonchev–Trinajstić information content (AvgIpc) is 2.61. The molecule has 0 amide bonds. The van der Waals surface area contributed by atoms with E-state index in [1.807, 2.05) is 20.8 Å². The van der Waals surface area contributed by atoms with Crippen molar-refractivity contribution < 1.29 is 8.42 Å². The predicted molar refractivity (Wildman–Crippen MR) is 66.4 cm³/mol. The molecular weight excluding hydrogens is 268 g/mol. The van der Waals surface area contributed by atoms with E-state index in [0.717, 1.165) is 17.8 Å². The lowest BCUT2D eigenvalue weighted by Gasteiger charge is -2.24. The number of nitrogens with zero attached hydrogens (tertiary/aromatic N) is 2. The van der Waals surface area contributed by atoms with Crippen molar-refractivity contribution in [3.8, 4) is 0 Å². The van der Waals surface area contributed by atoms with Crippen LogP contribution in [-0.2, 0) is 10.0 Å². The number of thiazole rings is 1. The molecule has 0 N–H and O–H groups in total. The summed E-state index contributed by atoms with van der Waals surface area (Å²) >= 11 is 6.64. The second kappa shape index (κ2) is 5.44. The first-order chi connectivity index (χ1) is 7.39. The molecule has 0 saturated carbocycles. The number of sulfonamides is 1. The average molecular weight is 283 g/mol. The van der Waals surface area contributed by atoms with Crippen LogP contribution < -0.4 is 0 Å². The van der Waals surface area contributed by atoms with Crippen LogP contribution in [0.2, 0.25) is 4.47 Å². The molecule has 4 nitrogen and oxygen atoms in total. The van der Waals surface area contributed by atoms with E-state index in [9.17, 15) is 8.42 Å². The number of rotatable bonds is 5. The third kappa shape index (κ3) is 2.94. The van der Waals surface area contributed by atoms with Crippen LogP contribution in [0.3, 0.4) is 0 Å². The molecule has 0 bridgehead atoms. The molecule has 0 aliphatic carbocycles. The van der Waals surface area contributed by atoms with Gasteiger partial charge in [-0.15, -0.1) is 0 Å². The molecule has 0 radical (unpaired) electrons. The maximum atomic E-state index is 12.2. The lowest BCUT2D eigenvalue weighted by Crippen LogP contribution is -2.37. The Morgan fingerprint density at radius 2 is 2.19 bits per heavy atom. The van der Waals surface area contributed by atoms with Crippen LogP contribution >= 0.6 is 22.9 Å². The first-order valence-electron chi connectivity index (χ1n) is 5.02. The predicted octanol–water partition coefficient (Wildman–Crippen LogP) is 2.61. The van der Waals surface area contributed by atoms with Gasteiger partial charge in [-0.1, -0.05) is 29.9 Å². The summed E-state index contributed by atoms with van der Waals surface area (Å²) in [6.07, 6.45) is 2.09. The van der Waals surface area contributed by atoms with Crippen molar-refractivity contribution in [3.05, 3.63) is 10.7 Å². The van der Waals surface area contributed by atoms with E-state index in [4.69, 9.17) is 11.6 Å². The van der Waals surface area contributed by atoms with Crippen molar-refractivity contribution >= 4 is 33.0 Å². The minimum atomic E-state index is -3.44. The van der Waals surface area contributed by atoms with Gasteiger partial charge < -0.3 is 0 Å². The van der Waals surface area contributed by atoms with Crippen molar-refractivity contribution in [2.45, 2.75) is 37.4 Å². The fourth-order valence-corrected chi connectivity index (χ4v) is 4.50. The van der Waals surface area contributed by atoms with Gasteiger partial charge in [-0.25, -0.2) is 13.4 Å². The molecule has 0 atom stereocenters. The molecule has 0 aromatic carbocycles. The summed E-state index contributed by atoms with van der Waals surface area (Å²) in [5.41, 5.74) is 0. The van der Waals surface area contributed by atoms with E-state index in [-0.39, 0.29) is 14.7 Å². The molecule has 92 valence electrons. The molecule has 16 heavy (non-hydrogen) atoms. The zero-order valence-electron chi connectivity index (χ0n) is 9.47. The van der Waals surface area contributed by atoms with Gasteiger partial charge in [0, 0.05) is 12.6 Å². The summed E-state index contributed by atoms with van der Waals surface area (Å²) in [5.74, 6) is 0. The normalized spacial score (nSPS) is 12.6. The summed E-state index contributed by atoms with van der Waals surface area (Å²) < 4.78 is 26.4. The molecule has 1 rings (SSSR count). The van der Waals surface area contributed by atoms with Gasteiger partial charge in [0.05, 0.1) is 6.20 Å². The highest BCUT2D eigenvalue weighted by molar-refractivity contribution is 7.91. The molecule has 0 aliphatic rings. The van der Waals surface area contributed by atoms with Gasteiger partial charge in [-0.05, 0) is 20.3 Å². The summed E-state index contributed by atoms with van der Waals surface area (Å²) in [7, 11) is -3.44. The molecule has 0 saturated heterocycles. The zero-order chi connectivity index (χ0) is 12.3. The van der Waals surface area contributed by atoms with Gasteiger partial charge in [-0.3, -0.25) is 0 Å². The summed E-state index contributed by atoms with van der Waals surface area (Å²) in [6.45, 7) is 6.17. The Morgan fingerprint density at radius 3 is 2.56 bits per heavy atom. The van der Waals surface area contributed by atoms with Gasteiger partial charge in [-0.2, -0.15) is 4.31 Å². The maximum absolute atomic E-state index is 12.2. The Hall–Kier alpha value is -0.170. The van der Waals surface area contributed by atoms with Crippen molar-refractivity contribution in [2.75, 3.05) is 6.54 Å². The van der Waals surface area contributed by atoms with Gasteiger partial charge in [0.25, 0.3) is 10.0 Å². The summed E-state index contributed by atoms with van der Waals surface area (Å²) in [6, 6.07) is -0.0641. The molecule has 0 spiro atoms. The van der Waals surface area contributed by atoms with Crippen LogP contribution in [-0.4, -0.2) is 30.3 Å². The standard InChI is InChI=1S/C9H15ClN2O2S2/c1-4-5-12(7(2)3)16(13,14)8-6-11-9(10)15-8/h6-7H,4-5H2,1-3H3. The Bertz CT molecular complexity index is 442. The van der Waals surface area contributed by atoms with Crippen LogP contribution in [0.1, 0.15) is 27.2 Å². The van der Waals surface area contributed by atoms with Crippen molar-refractivity contribution in [1.29, 1.82) is 0 Å². The van der Waals surface area contributed by atoms with Crippen LogP contribution in [0.4, 0.5) is 0 Å². The number of halogens is 1. The van der Waals surface area contributed by atoms with Crippen molar-refractivity contribution in [2.24, 2.45) is 0 Å². The fraction of sp³-hybridized carbons (Fsp3) is 0.667. The lowest BCUT2D eigenvalue weighted by molar-refractivity contribution is 0.355. The van der Waals surface area contributed by atoms with Crippen molar-refractivity contribution in [1.82, 2.24) is 9.29 Å². The second-order valence-electron chi connectivity index (χ2n) is 3.64. The van der Waals surface area contributed by atoms with Crippen molar-refractivity contribution in [3.63, 3.8) is 0 Å². The summed E-state index contributed by atoms with van der Waals surface area (Å²) in [4.78, 5) is 3.76. The largest absolute Gasteiger partial charge is 0.254 e. The highest BCUT2D eigenvalue weighted by Crippen LogP contribution is 2.26. The van der Waals surface area contributed by atoms with Gasteiger partial charge in [0.15, 0.2) is 8.68 Å². The van der Waals surface area contributed by atoms with E-state index < -0.39 is 10.0 Å². The van der Waals surface area contributed by atoms with E-state index >= 15 is 0 Å². The molecule has 0 unspecified atom stereocenters. The van der Waals surface area contributed by atoms with E-state index in [2.05, 4.69) is 4.98 Å². The molecule has 1 aromatic rings. The minimum Gasteiger partial charge on any atom is -0.232 e.